The summed E-state index contributed by atoms with van der Waals surface area (Å²) in [6.45, 7) is 2.69. The first-order valence-electron chi connectivity index (χ1n) is 6.35. The van der Waals surface area contributed by atoms with Crippen LogP contribution in [0.3, 0.4) is 0 Å². The lowest BCUT2D eigenvalue weighted by atomic mass is 10.1. The van der Waals surface area contributed by atoms with Crippen LogP contribution in [0.15, 0.2) is 24.4 Å². The van der Waals surface area contributed by atoms with Gasteiger partial charge in [-0.1, -0.05) is 6.92 Å². The van der Waals surface area contributed by atoms with Crippen molar-refractivity contribution in [2.45, 2.75) is 13.3 Å². The van der Waals surface area contributed by atoms with Gasteiger partial charge in [0.1, 0.15) is 5.82 Å². The maximum absolute atomic E-state index is 13.0. The SMILES string of the molecule is CC(CN)C(=O)NCCc1c[nH]c2cc(F)ccc12.Cl. The number of amides is 1. The van der Waals surface area contributed by atoms with E-state index < -0.39 is 0 Å². The molecule has 0 saturated heterocycles. The number of rotatable bonds is 5. The van der Waals surface area contributed by atoms with Gasteiger partial charge in [0.2, 0.25) is 5.91 Å². The molecule has 1 unspecified atom stereocenters. The third-order valence-corrected chi connectivity index (χ3v) is 3.22. The zero-order chi connectivity index (χ0) is 13.8. The minimum atomic E-state index is -0.258. The summed E-state index contributed by atoms with van der Waals surface area (Å²) in [6, 6.07) is 4.66. The minimum Gasteiger partial charge on any atom is -0.361 e. The summed E-state index contributed by atoms with van der Waals surface area (Å²) in [6.07, 6.45) is 2.55. The van der Waals surface area contributed by atoms with Crippen molar-refractivity contribution in [3.8, 4) is 0 Å². The van der Waals surface area contributed by atoms with Crippen LogP contribution in [-0.4, -0.2) is 24.0 Å². The summed E-state index contributed by atoms with van der Waals surface area (Å²) >= 11 is 0. The van der Waals surface area contributed by atoms with Crippen LogP contribution in [0.25, 0.3) is 10.9 Å². The molecule has 0 bridgehead atoms. The van der Waals surface area contributed by atoms with Crippen molar-refractivity contribution in [1.29, 1.82) is 0 Å². The van der Waals surface area contributed by atoms with Gasteiger partial charge in [-0.3, -0.25) is 4.79 Å². The van der Waals surface area contributed by atoms with Crippen molar-refractivity contribution >= 4 is 29.2 Å². The van der Waals surface area contributed by atoms with E-state index in [9.17, 15) is 9.18 Å². The van der Waals surface area contributed by atoms with E-state index in [-0.39, 0.29) is 30.0 Å². The number of H-pyrrole nitrogens is 1. The normalized spacial score (nSPS) is 11.9. The molecule has 4 N–H and O–H groups in total. The standard InChI is InChI=1S/C14H18FN3O.ClH/c1-9(7-16)14(19)17-5-4-10-8-18-13-6-11(15)2-3-12(10)13;/h2-3,6,8-9,18H,4-5,7,16H2,1H3,(H,17,19);1H. The second-order valence-corrected chi connectivity index (χ2v) is 4.68. The minimum absolute atomic E-state index is 0. The number of nitrogens with two attached hydrogens (primary N) is 1. The van der Waals surface area contributed by atoms with Crippen LogP contribution < -0.4 is 11.1 Å². The van der Waals surface area contributed by atoms with Gasteiger partial charge in [-0.05, 0) is 30.2 Å². The summed E-state index contributed by atoms with van der Waals surface area (Å²) in [7, 11) is 0. The fourth-order valence-corrected chi connectivity index (χ4v) is 1.97. The molecule has 0 aliphatic carbocycles. The number of hydrogen-bond donors (Lipinski definition) is 3. The lowest BCUT2D eigenvalue weighted by Gasteiger charge is -2.09. The molecule has 0 spiro atoms. The molecular weight excluding hydrogens is 281 g/mol. The maximum Gasteiger partial charge on any atom is 0.224 e. The van der Waals surface area contributed by atoms with Gasteiger partial charge in [-0.25, -0.2) is 4.39 Å². The zero-order valence-electron chi connectivity index (χ0n) is 11.3. The van der Waals surface area contributed by atoms with Gasteiger partial charge in [0.25, 0.3) is 0 Å². The van der Waals surface area contributed by atoms with E-state index in [1.54, 1.807) is 13.0 Å². The number of hydrogen-bond acceptors (Lipinski definition) is 2. The fraction of sp³-hybridized carbons (Fsp3) is 0.357. The van der Waals surface area contributed by atoms with Crippen LogP contribution in [0.1, 0.15) is 12.5 Å². The van der Waals surface area contributed by atoms with Crippen LogP contribution in [0.2, 0.25) is 0 Å². The Balaban J connectivity index is 0.00000200. The second-order valence-electron chi connectivity index (χ2n) is 4.68. The summed E-state index contributed by atoms with van der Waals surface area (Å²) in [5.74, 6) is -0.462. The Labute approximate surface area is 123 Å². The molecule has 2 rings (SSSR count). The third-order valence-electron chi connectivity index (χ3n) is 3.22. The van der Waals surface area contributed by atoms with E-state index >= 15 is 0 Å². The predicted octanol–water partition coefficient (Wildman–Crippen LogP) is 1.98. The number of benzene rings is 1. The Morgan fingerprint density at radius 3 is 2.95 bits per heavy atom. The molecule has 0 fully saturated rings. The van der Waals surface area contributed by atoms with E-state index in [0.717, 1.165) is 16.5 Å². The van der Waals surface area contributed by atoms with Gasteiger partial charge in [0.15, 0.2) is 0 Å². The van der Waals surface area contributed by atoms with E-state index in [0.29, 0.717) is 19.5 Å². The maximum atomic E-state index is 13.0. The van der Waals surface area contributed by atoms with Gasteiger partial charge in [0.05, 0.1) is 0 Å². The van der Waals surface area contributed by atoms with Crippen molar-refractivity contribution < 1.29 is 9.18 Å². The van der Waals surface area contributed by atoms with Crippen LogP contribution >= 0.6 is 12.4 Å². The highest BCUT2D eigenvalue weighted by molar-refractivity contribution is 5.85. The molecular formula is C14H19ClFN3O. The predicted molar refractivity (Wildman–Crippen MR) is 80.4 cm³/mol. The molecule has 1 aromatic heterocycles. The highest BCUT2D eigenvalue weighted by Gasteiger charge is 2.10. The van der Waals surface area contributed by atoms with Crippen LogP contribution in [0.4, 0.5) is 4.39 Å². The summed E-state index contributed by atoms with van der Waals surface area (Å²) in [4.78, 5) is 14.6. The molecule has 2 aromatic rings. The molecule has 20 heavy (non-hydrogen) atoms. The first-order valence-corrected chi connectivity index (χ1v) is 6.35. The first-order chi connectivity index (χ1) is 9.11. The number of nitrogens with one attached hydrogen (secondary N) is 2. The third kappa shape index (κ3) is 3.71. The Morgan fingerprint density at radius 2 is 2.25 bits per heavy atom. The van der Waals surface area contributed by atoms with Gasteiger partial charge in [-0.15, -0.1) is 12.4 Å². The lowest BCUT2D eigenvalue weighted by Crippen LogP contribution is -2.34. The molecule has 4 nitrogen and oxygen atoms in total. The van der Waals surface area contributed by atoms with Crippen LogP contribution in [0, 0.1) is 11.7 Å². The average molecular weight is 300 g/mol. The van der Waals surface area contributed by atoms with Gasteiger partial charge in [0, 0.05) is 36.1 Å². The van der Waals surface area contributed by atoms with Crippen molar-refractivity contribution in [2.24, 2.45) is 11.7 Å². The smallest absolute Gasteiger partial charge is 0.224 e. The average Bonchev–Trinajstić information content (AvgIpc) is 2.80. The molecule has 1 heterocycles. The number of halogens is 2. The van der Waals surface area contributed by atoms with Crippen molar-refractivity contribution in [3.05, 3.63) is 35.8 Å². The quantitative estimate of drug-likeness (QED) is 0.790. The Hall–Kier alpha value is -1.59. The Kier molecular flexibility index (Phi) is 5.98. The molecule has 0 aliphatic rings. The van der Waals surface area contributed by atoms with E-state index in [4.69, 9.17) is 5.73 Å². The van der Waals surface area contributed by atoms with Crippen molar-refractivity contribution in [1.82, 2.24) is 10.3 Å². The number of carbonyl (C=O) groups excluding carboxylic acids is 1. The number of fused-ring (bicyclic) bond motifs is 1. The first kappa shape index (κ1) is 16.5. The summed E-state index contributed by atoms with van der Waals surface area (Å²) in [5.41, 5.74) is 7.27. The van der Waals surface area contributed by atoms with Crippen LogP contribution in [-0.2, 0) is 11.2 Å². The molecule has 0 radical (unpaired) electrons. The topological polar surface area (TPSA) is 70.9 Å². The van der Waals surface area contributed by atoms with Crippen molar-refractivity contribution in [3.63, 3.8) is 0 Å². The van der Waals surface area contributed by atoms with Crippen molar-refractivity contribution in [2.75, 3.05) is 13.1 Å². The molecule has 1 atom stereocenters. The highest BCUT2D eigenvalue weighted by Crippen LogP contribution is 2.19. The Bertz CT molecular complexity index is 585. The number of carbonyl (C=O) groups is 1. The van der Waals surface area contributed by atoms with Crippen LogP contribution in [0.5, 0.6) is 0 Å². The number of aromatic nitrogens is 1. The summed E-state index contributed by atoms with van der Waals surface area (Å²) in [5, 5.41) is 3.83. The number of aromatic amines is 1. The largest absolute Gasteiger partial charge is 0.361 e. The fourth-order valence-electron chi connectivity index (χ4n) is 1.97. The monoisotopic (exact) mass is 299 g/mol. The molecule has 0 saturated carbocycles. The molecule has 1 aromatic carbocycles. The van der Waals surface area contributed by atoms with Gasteiger partial charge >= 0.3 is 0 Å². The van der Waals surface area contributed by atoms with Gasteiger partial charge < -0.3 is 16.0 Å². The highest BCUT2D eigenvalue weighted by atomic mass is 35.5. The molecule has 1 amide bonds. The van der Waals surface area contributed by atoms with E-state index in [1.165, 1.54) is 12.1 Å². The van der Waals surface area contributed by atoms with Gasteiger partial charge in [-0.2, -0.15) is 0 Å². The Morgan fingerprint density at radius 1 is 1.50 bits per heavy atom. The molecule has 6 heteroatoms. The molecule has 0 aliphatic heterocycles. The lowest BCUT2D eigenvalue weighted by molar-refractivity contribution is -0.124. The van der Waals surface area contributed by atoms with E-state index in [2.05, 4.69) is 10.3 Å². The second kappa shape index (κ2) is 7.26. The molecule has 110 valence electrons. The summed E-state index contributed by atoms with van der Waals surface area (Å²) < 4.78 is 13.0. The zero-order valence-corrected chi connectivity index (χ0v) is 12.1. The van der Waals surface area contributed by atoms with E-state index in [1.807, 2.05) is 6.20 Å².